The van der Waals surface area contributed by atoms with Crippen molar-refractivity contribution in [2.75, 3.05) is 18.8 Å². The number of furan rings is 1. The van der Waals surface area contributed by atoms with Gasteiger partial charge in [-0.05, 0) is 52.8 Å². The summed E-state index contributed by atoms with van der Waals surface area (Å²) in [6, 6.07) is 3.60. The van der Waals surface area contributed by atoms with Crippen molar-refractivity contribution in [3.8, 4) is 11.7 Å². The lowest BCUT2D eigenvalue weighted by Gasteiger charge is -2.26. The molecule has 0 amide bonds. The first-order valence-corrected chi connectivity index (χ1v) is 7.62. The van der Waals surface area contributed by atoms with E-state index in [9.17, 15) is 0 Å². The van der Waals surface area contributed by atoms with E-state index in [2.05, 4.69) is 31.4 Å². The SMILES string of the molecule is Brc1ccc(-c2nnc(CSCC3CNC3)o2)o1. The minimum Gasteiger partial charge on any atom is -0.444 e. The maximum atomic E-state index is 5.54. The van der Waals surface area contributed by atoms with Gasteiger partial charge in [-0.25, -0.2) is 0 Å². The molecule has 96 valence electrons. The number of hydrogen-bond donors (Lipinski definition) is 1. The molecule has 1 aliphatic heterocycles. The molecule has 18 heavy (non-hydrogen) atoms. The van der Waals surface area contributed by atoms with E-state index >= 15 is 0 Å². The van der Waals surface area contributed by atoms with Crippen molar-refractivity contribution in [1.82, 2.24) is 15.5 Å². The lowest BCUT2D eigenvalue weighted by Crippen LogP contribution is -2.43. The van der Waals surface area contributed by atoms with Gasteiger partial charge in [-0.15, -0.1) is 10.2 Å². The quantitative estimate of drug-likeness (QED) is 0.909. The summed E-state index contributed by atoms with van der Waals surface area (Å²) in [6.07, 6.45) is 0. The zero-order valence-electron chi connectivity index (χ0n) is 9.56. The molecule has 0 saturated carbocycles. The molecule has 0 atom stereocenters. The Hall–Kier alpha value is -0.790. The van der Waals surface area contributed by atoms with Crippen LogP contribution in [0.4, 0.5) is 0 Å². The fourth-order valence-corrected chi connectivity index (χ4v) is 2.90. The largest absolute Gasteiger partial charge is 0.444 e. The first-order chi connectivity index (χ1) is 8.81. The highest BCUT2D eigenvalue weighted by Crippen LogP contribution is 2.25. The highest BCUT2D eigenvalue weighted by atomic mass is 79.9. The summed E-state index contributed by atoms with van der Waals surface area (Å²) in [4.78, 5) is 0. The minimum absolute atomic E-state index is 0.432. The Morgan fingerprint density at radius 3 is 2.89 bits per heavy atom. The molecule has 2 aromatic rings. The van der Waals surface area contributed by atoms with Gasteiger partial charge in [-0.1, -0.05) is 0 Å². The van der Waals surface area contributed by atoms with Crippen LogP contribution in [0.2, 0.25) is 0 Å². The summed E-state index contributed by atoms with van der Waals surface area (Å²) in [5.74, 6) is 4.35. The second kappa shape index (κ2) is 5.46. The van der Waals surface area contributed by atoms with Gasteiger partial charge >= 0.3 is 0 Å². The molecule has 7 heteroatoms. The summed E-state index contributed by atoms with van der Waals surface area (Å²) in [5.41, 5.74) is 0. The predicted octanol–water partition coefficient (Wildman–Crippen LogP) is 2.54. The van der Waals surface area contributed by atoms with Crippen molar-refractivity contribution in [3.05, 3.63) is 22.7 Å². The molecule has 0 spiro atoms. The number of rotatable bonds is 5. The maximum absolute atomic E-state index is 5.54. The first-order valence-electron chi connectivity index (χ1n) is 5.68. The lowest BCUT2D eigenvalue weighted by atomic mass is 10.1. The number of hydrogen-bond acceptors (Lipinski definition) is 6. The Kier molecular flexibility index (Phi) is 3.72. The molecule has 1 fully saturated rings. The zero-order valence-corrected chi connectivity index (χ0v) is 12.0. The topological polar surface area (TPSA) is 64.1 Å². The second-order valence-corrected chi connectivity index (χ2v) is 5.96. The molecule has 1 saturated heterocycles. The second-order valence-electron chi connectivity index (χ2n) is 4.14. The average Bonchev–Trinajstić information content (AvgIpc) is 2.90. The van der Waals surface area contributed by atoms with Gasteiger partial charge in [0.05, 0.1) is 5.75 Å². The van der Waals surface area contributed by atoms with Gasteiger partial charge in [0, 0.05) is 0 Å². The third-order valence-corrected chi connectivity index (χ3v) is 4.28. The molecule has 1 N–H and O–H groups in total. The fourth-order valence-electron chi connectivity index (χ4n) is 1.62. The molecule has 3 rings (SSSR count). The Morgan fingerprint density at radius 2 is 2.22 bits per heavy atom. The zero-order chi connectivity index (χ0) is 12.4. The first kappa shape index (κ1) is 12.3. The summed E-state index contributed by atoms with van der Waals surface area (Å²) in [5, 5.41) is 11.2. The molecule has 2 aromatic heterocycles. The average molecular weight is 330 g/mol. The third-order valence-electron chi connectivity index (χ3n) is 2.70. The highest BCUT2D eigenvalue weighted by Gasteiger charge is 2.17. The fraction of sp³-hybridized carbons (Fsp3) is 0.455. The Morgan fingerprint density at radius 1 is 1.33 bits per heavy atom. The van der Waals surface area contributed by atoms with E-state index in [0.717, 1.165) is 30.5 Å². The van der Waals surface area contributed by atoms with E-state index in [0.29, 0.717) is 22.2 Å². The van der Waals surface area contributed by atoms with E-state index in [-0.39, 0.29) is 0 Å². The van der Waals surface area contributed by atoms with Gasteiger partial charge in [0.1, 0.15) is 0 Å². The summed E-state index contributed by atoms with van der Waals surface area (Å²) < 4.78 is 11.6. The molecule has 1 aliphatic rings. The molecular formula is C11H12BrN3O2S. The van der Waals surface area contributed by atoms with Crippen LogP contribution in [0.15, 0.2) is 25.6 Å². The minimum atomic E-state index is 0.432. The van der Waals surface area contributed by atoms with Crippen LogP contribution in [0.3, 0.4) is 0 Å². The van der Waals surface area contributed by atoms with Crippen molar-refractivity contribution in [3.63, 3.8) is 0 Å². The van der Waals surface area contributed by atoms with Crippen molar-refractivity contribution in [2.24, 2.45) is 5.92 Å². The third kappa shape index (κ3) is 2.78. The monoisotopic (exact) mass is 329 g/mol. The van der Waals surface area contributed by atoms with Crippen LogP contribution in [-0.2, 0) is 5.75 Å². The lowest BCUT2D eigenvalue weighted by molar-refractivity contribution is 0.385. The van der Waals surface area contributed by atoms with E-state index in [4.69, 9.17) is 8.83 Å². The molecule has 0 aliphatic carbocycles. The molecule has 0 aromatic carbocycles. The van der Waals surface area contributed by atoms with Crippen molar-refractivity contribution in [2.45, 2.75) is 5.75 Å². The van der Waals surface area contributed by atoms with Crippen LogP contribution in [0.1, 0.15) is 5.89 Å². The van der Waals surface area contributed by atoms with Crippen molar-refractivity contribution >= 4 is 27.7 Å². The summed E-state index contributed by atoms with van der Waals surface area (Å²) in [7, 11) is 0. The van der Waals surface area contributed by atoms with Crippen LogP contribution in [0.25, 0.3) is 11.7 Å². The molecule has 5 nitrogen and oxygen atoms in total. The van der Waals surface area contributed by atoms with Gasteiger partial charge in [0.2, 0.25) is 5.89 Å². The van der Waals surface area contributed by atoms with Gasteiger partial charge in [0.15, 0.2) is 10.4 Å². The van der Waals surface area contributed by atoms with Gasteiger partial charge < -0.3 is 14.2 Å². The number of thioether (sulfide) groups is 1. The molecule has 0 radical (unpaired) electrons. The Bertz CT molecular complexity index is 524. The maximum Gasteiger partial charge on any atom is 0.283 e. The Labute approximate surface area is 117 Å². The highest BCUT2D eigenvalue weighted by molar-refractivity contribution is 9.10. The molecule has 0 unspecified atom stereocenters. The standard InChI is InChI=1S/C11H12BrN3O2S/c12-9-2-1-8(16-9)11-15-14-10(17-11)6-18-5-7-3-13-4-7/h1-2,7,13H,3-6H2. The summed E-state index contributed by atoms with van der Waals surface area (Å²) in [6.45, 7) is 2.25. The number of nitrogens with one attached hydrogen (secondary N) is 1. The number of nitrogens with zero attached hydrogens (tertiary/aromatic N) is 2. The van der Waals surface area contributed by atoms with Gasteiger partial charge in [-0.2, -0.15) is 11.8 Å². The van der Waals surface area contributed by atoms with E-state index < -0.39 is 0 Å². The predicted molar refractivity (Wildman–Crippen MR) is 72.2 cm³/mol. The van der Waals surface area contributed by atoms with Gasteiger partial charge in [0.25, 0.3) is 5.89 Å². The normalized spacial score (nSPS) is 15.8. The molecule has 0 bridgehead atoms. The summed E-state index contributed by atoms with van der Waals surface area (Å²) >= 11 is 5.07. The van der Waals surface area contributed by atoms with Crippen molar-refractivity contribution in [1.29, 1.82) is 0 Å². The van der Waals surface area contributed by atoms with Crippen LogP contribution in [-0.4, -0.2) is 29.0 Å². The molecular weight excluding hydrogens is 318 g/mol. The van der Waals surface area contributed by atoms with Crippen LogP contribution >= 0.6 is 27.7 Å². The van der Waals surface area contributed by atoms with Crippen LogP contribution in [0.5, 0.6) is 0 Å². The van der Waals surface area contributed by atoms with E-state index in [1.54, 1.807) is 12.1 Å². The van der Waals surface area contributed by atoms with E-state index in [1.807, 2.05) is 11.8 Å². The smallest absolute Gasteiger partial charge is 0.283 e. The number of halogens is 1. The number of aromatic nitrogens is 2. The molecule has 3 heterocycles. The van der Waals surface area contributed by atoms with Crippen LogP contribution < -0.4 is 5.32 Å². The Balaban J connectivity index is 1.55. The van der Waals surface area contributed by atoms with Gasteiger partial charge in [-0.3, -0.25) is 0 Å². The van der Waals surface area contributed by atoms with Crippen molar-refractivity contribution < 1.29 is 8.83 Å². The van der Waals surface area contributed by atoms with Crippen LogP contribution in [0, 0.1) is 5.92 Å². The van der Waals surface area contributed by atoms with E-state index in [1.165, 1.54) is 0 Å².